The fourth-order valence-electron chi connectivity index (χ4n) is 3.89. The summed E-state index contributed by atoms with van der Waals surface area (Å²) < 4.78 is 32.4. The van der Waals surface area contributed by atoms with E-state index in [2.05, 4.69) is 10.2 Å². The van der Waals surface area contributed by atoms with Crippen LogP contribution in [0.4, 0.5) is 17.1 Å². The Hall–Kier alpha value is -3.18. The second-order valence-corrected chi connectivity index (χ2v) is 9.50. The summed E-state index contributed by atoms with van der Waals surface area (Å²) in [6.07, 6.45) is 2.00. The number of anilines is 2. The third kappa shape index (κ3) is 5.09. The van der Waals surface area contributed by atoms with E-state index in [0.29, 0.717) is 24.5 Å². The number of hydrogen-bond donors (Lipinski definition) is 1. The molecule has 178 valence electrons. The van der Waals surface area contributed by atoms with Gasteiger partial charge in [-0.1, -0.05) is 13.8 Å². The number of nitro groups is 1. The molecule has 0 bridgehead atoms. The Morgan fingerprint density at radius 1 is 1.15 bits per heavy atom. The molecular weight excluding hydrogens is 448 g/mol. The molecule has 1 fully saturated rings. The van der Waals surface area contributed by atoms with Crippen LogP contribution in [0.2, 0.25) is 0 Å². The van der Waals surface area contributed by atoms with E-state index in [1.807, 2.05) is 0 Å². The molecular formula is C22H28N4O6S. The van der Waals surface area contributed by atoms with Crippen molar-refractivity contribution in [1.29, 1.82) is 0 Å². The number of nitrogens with zero attached hydrogens (tertiary/aromatic N) is 3. The summed E-state index contributed by atoms with van der Waals surface area (Å²) in [5.41, 5.74) is 0.783. The molecule has 1 aliphatic rings. The SMILES string of the molecule is CCN(CC)S(=O)(=O)c1ccc(N2CCCC2)c(NC(=O)c2ccc(OC)c([N+](=O)[O-])c2)c1. The Kier molecular flexibility index (Phi) is 7.54. The first-order chi connectivity index (χ1) is 15.7. The standard InChI is InChI=1S/C22H28N4O6S/c1-4-25(5-2)33(30,31)17-9-10-19(24-12-6-7-13-24)18(15-17)23-22(27)16-8-11-21(32-3)20(14-16)26(28)29/h8-11,14-15H,4-7,12-13H2,1-3H3,(H,23,27). The first-order valence-corrected chi connectivity index (χ1v) is 12.2. The minimum atomic E-state index is -3.73. The largest absolute Gasteiger partial charge is 0.490 e. The van der Waals surface area contributed by atoms with Crippen LogP contribution in [0, 0.1) is 10.1 Å². The lowest BCUT2D eigenvalue weighted by molar-refractivity contribution is -0.385. The normalized spacial score (nSPS) is 13.9. The van der Waals surface area contributed by atoms with Crippen molar-refractivity contribution in [3.05, 3.63) is 52.1 Å². The molecule has 0 aromatic heterocycles. The topological polar surface area (TPSA) is 122 Å². The molecule has 1 amide bonds. The number of benzene rings is 2. The average Bonchev–Trinajstić information content (AvgIpc) is 3.33. The Morgan fingerprint density at radius 3 is 2.39 bits per heavy atom. The molecule has 0 atom stereocenters. The lowest BCUT2D eigenvalue weighted by Gasteiger charge is -2.24. The zero-order valence-corrected chi connectivity index (χ0v) is 19.7. The Balaban J connectivity index is 2.02. The number of nitro benzene ring substituents is 1. The lowest BCUT2D eigenvalue weighted by atomic mass is 10.1. The molecule has 1 saturated heterocycles. The molecule has 0 radical (unpaired) electrons. The molecule has 2 aromatic rings. The third-order valence-corrected chi connectivity index (χ3v) is 7.69. The quantitative estimate of drug-likeness (QED) is 0.434. The highest BCUT2D eigenvalue weighted by Crippen LogP contribution is 2.33. The van der Waals surface area contributed by atoms with Gasteiger partial charge in [0.25, 0.3) is 5.91 Å². The first kappa shape index (κ1) is 24.5. The molecule has 3 rings (SSSR count). The minimum Gasteiger partial charge on any atom is -0.490 e. The Labute approximate surface area is 193 Å². The zero-order valence-electron chi connectivity index (χ0n) is 18.9. The van der Waals surface area contributed by atoms with E-state index >= 15 is 0 Å². The smallest absolute Gasteiger partial charge is 0.311 e. The minimum absolute atomic E-state index is 0.0432. The van der Waals surface area contributed by atoms with Crippen LogP contribution < -0.4 is 15.0 Å². The van der Waals surface area contributed by atoms with Gasteiger partial charge < -0.3 is 15.0 Å². The van der Waals surface area contributed by atoms with Crippen molar-refractivity contribution in [3.63, 3.8) is 0 Å². The molecule has 1 heterocycles. The Bertz CT molecular complexity index is 1140. The highest BCUT2D eigenvalue weighted by Gasteiger charge is 2.26. The summed E-state index contributed by atoms with van der Waals surface area (Å²) in [7, 11) is -2.42. The highest BCUT2D eigenvalue weighted by atomic mass is 32.2. The van der Waals surface area contributed by atoms with E-state index in [-0.39, 0.29) is 21.9 Å². The molecule has 10 nitrogen and oxygen atoms in total. The van der Waals surface area contributed by atoms with Crippen molar-refractivity contribution < 1.29 is 22.9 Å². The average molecular weight is 477 g/mol. The summed E-state index contributed by atoms with van der Waals surface area (Å²) >= 11 is 0. The Morgan fingerprint density at radius 2 is 1.82 bits per heavy atom. The lowest BCUT2D eigenvalue weighted by Crippen LogP contribution is -2.31. The molecule has 0 spiro atoms. The number of nitrogens with one attached hydrogen (secondary N) is 1. The summed E-state index contributed by atoms with van der Waals surface area (Å²) in [6.45, 7) is 5.75. The number of sulfonamides is 1. The van der Waals surface area contributed by atoms with Gasteiger partial charge in [-0.2, -0.15) is 4.31 Å². The predicted molar refractivity (Wildman–Crippen MR) is 126 cm³/mol. The molecule has 0 unspecified atom stereocenters. The van der Waals surface area contributed by atoms with Gasteiger partial charge in [-0.3, -0.25) is 14.9 Å². The van der Waals surface area contributed by atoms with Gasteiger partial charge in [0, 0.05) is 37.8 Å². The number of hydrogen-bond acceptors (Lipinski definition) is 7. The van der Waals surface area contributed by atoms with Gasteiger partial charge in [0.15, 0.2) is 5.75 Å². The van der Waals surface area contributed by atoms with Crippen molar-refractivity contribution in [2.75, 3.05) is 43.5 Å². The third-order valence-electron chi connectivity index (χ3n) is 5.64. The maximum atomic E-state index is 13.0. The van der Waals surface area contributed by atoms with Crippen molar-refractivity contribution in [2.45, 2.75) is 31.6 Å². The first-order valence-electron chi connectivity index (χ1n) is 10.8. The number of ether oxygens (including phenoxy) is 1. The second-order valence-electron chi connectivity index (χ2n) is 7.56. The van der Waals surface area contributed by atoms with Crippen LogP contribution >= 0.6 is 0 Å². The fraction of sp³-hybridized carbons (Fsp3) is 0.409. The predicted octanol–water partition coefficient (Wildman–Crippen LogP) is 3.49. The maximum absolute atomic E-state index is 13.0. The van der Waals surface area contributed by atoms with Crippen LogP contribution in [0.5, 0.6) is 5.75 Å². The van der Waals surface area contributed by atoms with E-state index in [1.165, 1.54) is 29.6 Å². The van der Waals surface area contributed by atoms with Crippen LogP contribution in [-0.2, 0) is 10.0 Å². The molecule has 2 aromatic carbocycles. The molecule has 1 aliphatic heterocycles. The second kappa shape index (κ2) is 10.2. The number of amides is 1. The van der Waals surface area contributed by atoms with E-state index in [1.54, 1.807) is 26.0 Å². The van der Waals surface area contributed by atoms with Gasteiger partial charge in [0.2, 0.25) is 10.0 Å². The van der Waals surface area contributed by atoms with Gasteiger partial charge in [0.1, 0.15) is 0 Å². The van der Waals surface area contributed by atoms with Crippen LogP contribution in [0.15, 0.2) is 41.3 Å². The fourth-order valence-corrected chi connectivity index (χ4v) is 5.38. The molecule has 11 heteroatoms. The number of rotatable bonds is 9. The number of carbonyl (C=O) groups excluding carboxylic acids is 1. The van der Waals surface area contributed by atoms with Crippen LogP contribution in [0.25, 0.3) is 0 Å². The number of carbonyl (C=O) groups is 1. The maximum Gasteiger partial charge on any atom is 0.311 e. The summed E-state index contributed by atoms with van der Waals surface area (Å²) in [5, 5.41) is 14.1. The van der Waals surface area contributed by atoms with Crippen LogP contribution in [0.1, 0.15) is 37.0 Å². The van der Waals surface area contributed by atoms with Gasteiger partial charge in [0.05, 0.1) is 28.3 Å². The van der Waals surface area contributed by atoms with Crippen molar-refractivity contribution in [3.8, 4) is 5.75 Å². The zero-order chi connectivity index (χ0) is 24.2. The van der Waals surface area contributed by atoms with Gasteiger partial charge in [-0.25, -0.2) is 8.42 Å². The molecule has 0 aliphatic carbocycles. The van der Waals surface area contributed by atoms with E-state index in [4.69, 9.17) is 4.74 Å². The molecule has 1 N–H and O–H groups in total. The van der Waals surface area contributed by atoms with Crippen molar-refractivity contribution in [2.24, 2.45) is 0 Å². The van der Waals surface area contributed by atoms with Crippen molar-refractivity contribution >= 4 is 33.0 Å². The van der Waals surface area contributed by atoms with E-state index < -0.39 is 20.9 Å². The van der Waals surface area contributed by atoms with Crippen LogP contribution in [0.3, 0.4) is 0 Å². The van der Waals surface area contributed by atoms with Crippen molar-refractivity contribution in [1.82, 2.24) is 4.31 Å². The van der Waals surface area contributed by atoms with E-state index in [0.717, 1.165) is 32.0 Å². The highest BCUT2D eigenvalue weighted by molar-refractivity contribution is 7.89. The number of methoxy groups -OCH3 is 1. The van der Waals surface area contributed by atoms with Gasteiger partial charge in [-0.05, 0) is 43.2 Å². The monoisotopic (exact) mass is 476 g/mol. The van der Waals surface area contributed by atoms with Crippen LogP contribution in [-0.4, -0.2) is 56.8 Å². The summed E-state index contributed by atoms with van der Waals surface area (Å²) in [6, 6.07) is 8.63. The van der Waals surface area contributed by atoms with Gasteiger partial charge in [-0.15, -0.1) is 0 Å². The summed E-state index contributed by atoms with van der Waals surface area (Å²) in [4.78, 5) is 25.9. The molecule has 33 heavy (non-hydrogen) atoms. The van der Waals surface area contributed by atoms with Gasteiger partial charge >= 0.3 is 5.69 Å². The summed E-state index contributed by atoms with van der Waals surface area (Å²) in [5.74, 6) is -0.541. The molecule has 0 saturated carbocycles. The van der Waals surface area contributed by atoms with E-state index in [9.17, 15) is 23.3 Å².